The molecule has 0 unspecified atom stereocenters. The molecule has 1 aliphatic rings. The maximum Gasteiger partial charge on any atom is 0.420 e. The Labute approximate surface area is 187 Å². The lowest BCUT2D eigenvalue weighted by Gasteiger charge is -2.19. The summed E-state index contributed by atoms with van der Waals surface area (Å²) in [5.74, 6) is 1.02. The van der Waals surface area contributed by atoms with Gasteiger partial charge in [-0.1, -0.05) is 11.6 Å². The van der Waals surface area contributed by atoms with Crippen LogP contribution in [0.5, 0.6) is 5.88 Å². The average molecular weight is 471 g/mol. The zero-order chi connectivity index (χ0) is 22.9. The molecule has 0 bridgehead atoms. The number of halogens is 4. The summed E-state index contributed by atoms with van der Waals surface area (Å²) in [6.45, 7) is 5.68. The van der Waals surface area contributed by atoms with Crippen LogP contribution in [0.2, 0.25) is 5.02 Å². The third-order valence-corrected chi connectivity index (χ3v) is 5.52. The molecule has 1 fully saturated rings. The molecule has 1 aliphatic heterocycles. The predicted octanol–water partition coefficient (Wildman–Crippen LogP) is 4.12. The molecular formula is C20H22ClF3N6O2. The molecule has 1 saturated heterocycles. The van der Waals surface area contributed by atoms with Gasteiger partial charge >= 0.3 is 6.18 Å². The minimum Gasteiger partial charge on any atom is -0.477 e. The van der Waals surface area contributed by atoms with Gasteiger partial charge in [0, 0.05) is 31.3 Å². The van der Waals surface area contributed by atoms with Crippen molar-refractivity contribution in [1.82, 2.24) is 24.6 Å². The Morgan fingerprint density at radius 1 is 1.19 bits per heavy atom. The predicted molar refractivity (Wildman–Crippen MR) is 111 cm³/mol. The second kappa shape index (κ2) is 9.07. The van der Waals surface area contributed by atoms with Gasteiger partial charge in [-0.05, 0) is 32.4 Å². The van der Waals surface area contributed by atoms with E-state index in [4.69, 9.17) is 21.1 Å². The van der Waals surface area contributed by atoms with Crippen molar-refractivity contribution in [3.63, 3.8) is 0 Å². The molecule has 0 saturated carbocycles. The van der Waals surface area contributed by atoms with E-state index in [1.54, 1.807) is 0 Å². The van der Waals surface area contributed by atoms with E-state index in [-0.39, 0.29) is 18.2 Å². The quantitative estimate of drug-likeness (QED) is 0.514. The highest BCUT2D eigenvalue weighted by Crippen LogP contribution is 2.36. The maximum atomic E-state index is 13.5. The number of pyridine rings is 1. The van der Waals surface area contributed by atoms with Gasteiger partial charge in [0.1, 0.15) is 17.2 Å². The SMILES string of the molecule is CCOCc1nnc2c(C(F)(F)F)ccc([C@H]3CCN(c4ncc(Cl)c(OCC)n4)C3)n12. The normalized spacial score (nSPS) is 16.8. The van der Waals surface area contributed by atoms with Gasteiger partial charge in [0.2, 0.25) is 11.8 Å². The highest BCUT2D eigenvalue weighted by atomic mass is 35.5. The van der Waals surface area contributed by atoms with Crippen LogP contribution in [0.3, 0.4) is 0 Å². The maximum absolute atomic E-state index is 13.5. The molecule has 3 aromatic rings. The molecule has 0 aliphatic carbocycles. The molecule has 0 spiro atoms. The van der Waals surface area contributed by atoms with Gasteiger partial charge in [-0.15, -0.1) is 10.2 Å². The van der Waals surface area contributed by atoms with E-state index < -0.39 is 11.7 Å². The van der Waals surface area contributed by atoms with Crippen molar-refractivity contribution in [3.8, 4) is 5.88 Å². The third kappa shape index (κ3) is 4.31. The average Bonchev–Trinajstić information content (AvgIpc) is 3.40. The van der Waals surface area contributed by atoms with E-state index in [2.05, 4.69) is 20.2 Å². The molecule has 32 heavy (non-hydrogen) atoms. The number of rotatable bonds is 7. The molecule has 0 N–H and O–H groups in total. The molecular weight excluding hydrogens is 449 g/mol. The summed E-state index contributed by atoms with van der Waals surface area (Å²) >= 11 is 6.08. The summed E-state index contributed by atoms with van der Waals surface area (Å²) in [7, 11) is 0. The van der Waals surface area contributed by atoms with E-state index in [0.717, 1.165) is 6.07 Å². The topological polar surface area (TPSA) is 77.7 Å². The highest BCUT2D eigenvalue weighted by Gasteiger charge is 2.36. The monoisotopic (exact) mass is 470 g/mol. The summed E-state index contributed by atoms with van der Waals surface area (Å²) in [5, 5.41) is 8.13. The molecule has 0 aromatic carbocycles. The lowest BCUT2D eigenvalue weighted by Crippen LogP contribution is -2.22. The van der Waals surface area contributed by atoms with Gasteiger partial charge in [-0.3, -0.25) is 4.40 Å². The Kier molecular flexibility index (Phi) is 6.38. The lowest BCUT2D eigenvalue weighted by molar-refractivity contribution is -0.136. The fourth-order valence-corrected chi connectivity index (χ4v) is 3.97. The van der Waals surface area contributed by atoms with Crippen LogP contribution in [-0.2, 0) is 17.5 Å². The van der Waals surface area contributed by atoms with E-state index in [0.29, 0.717) is 61.1 Å². The number of nitrogens with zero attached hydrogens (tertiary/aromatic N) is 6. The first-order valence-electron chi connectivity index (χ1n) is 10.3. The number of anilines is 1. The van der Waals surface area contributed by atoms with Crippen LogP contribution >= 0.6 is 11.6 Å². The molecule has 1 atom stereocenters. The summed E-state index contributed by atoms with van der Waals surface area (Å²) in [5.41, 5.74) is -0.354. The van der Waals surface area contributed by atoms with Crippen LogP contribution < -0.4 is 9.64 Å². The standard InChI is InChI=1S/C20H22ClF3N6O2/c1-3-31-11-16-27-28-17-13(20(22,23)24)5-6-15(30(16)17)12-7-8-29(10-12)19-25-9-14(21)18(26-19)32-4-2/h5-6,9,12H,3-4,7-8,10-11H2,1-2H3/t12-/m0/s1. The van der Waals surface area contributed by atoms with Crippen molar-refractivity contribution in [2.75, 3.05) is 31.2 Å². The van der Waals surface area contributed by atoms with Gasteiger partial charge in [-0.25, -0.2) is 4.98 Å². The number of fused-ring (bicyclic) bond motifs is 1. The van der Waals surface area contributed by atoms with Crippen LogP contribution in [0.4, 0.5) is 19.1 Å². The summed E-state index contributed by atoms with van der Waals surface area (Å²) in [4.78, 5) is 10.6. The fraction of sp³-hybridized carbons (Fsp3) is 0.500. The van der Waals surface area contributed by atoms with Crippen molar-refractivity contribution in [3.05, 3.63) is 40.4 Å². The third-order valence-electron chi connectivity index (χ3n) is 5.26. The molecule has 4 rings (SSSR count). The van der Waals surface area contributed by atoms with Gasteiger partial charge in [0.25, 0.3) is 0 Å². The number of aromatic nitrogens is 5. The fourth-order valence-electron chi connectivity index (χ4n) is 3.82. The zero-order valence-electron chi connectivity index (χ0n) is 17.6. The largest absolute Gasteiger partial charge is 0.477 e. The smallest absolute Gasteiger partial charge is 0.420 e. The summed E-state index contributed by atoms with van der Waals surface area (Å²) in [6.07, 6.45) is -2.36. The van der Waals surface area contributed by atoms with Crippen molar-refractivity contribution >= 4 is 23.2 Å². The van der Waals surface area contributed by atoms with Crippen LogP contribution in [0.15, 0.2) is 18.3 Å². The first-order valence-corrected chi connectivity index (χ1v) is 10.6. The van der Waals surface area contributed by atoms with Crippen LogP contribution in [0, 0.1) is 0 Å². The Balaban J connectivity index is 1.68. The van der Waals surface area contributed by atoms with Gasteiger partial charge in [0.05, 0.1) is 12.8 Å². The summed E-state index contributed by atoms with van der Waals surface area (Å²) < 4.78 is 53.0. The van der Waals surface area contributed by atoms with Crippen LogP contribution in [-0.4, -0.2) is 50.9 Å². The number of hydrogen-bond acceptors (Lipinski definition) is 7. The first kappa shape index (κ1) is 22.5. The van der Waals surface area contributed by atoms with Gasteiger partial charge in [-0.2, -0.15) is 18.2 Å². The molecule has 12 heteroatoms. The van der Waals surface area contributed by atoms with Crippen molar-refractivity contribution in [1.29, 1.82) is 0 Å². The number of alkyl halides is 3. The second-order valence-corrected chi connectivity index (χ2v) is 7.68. The van der Waals surface area contributed by atoms with Crippen LogP contribution in [0.25, 0.3) is 5.65 Å². The minimum absolute atomic E-state index is 0.0699. The Morgan fingerprint density at radius 2 is 2.00 bits per heavy atom. The van der Waals surface area contributed by atoms with Gasteiger partial charge in [0.15, 0.2) is 11.5 Å². The van der Waals surface area contributed by atoms with Crippen molar-refractivity contribution in [2.24, 2.45) is 0 Å². The van der Waals surface area contributed by atoms with E-state index in [9.17, 15) is 13.2 Å². The van der Waals surface area contributed by atoms with Crippen molar-refractivity contribution < 1.29 is 22.6 Å². The van der Waals surface area contributed by atoms with Crippen LogP contribution in [0.1, 0.15) is 43.3 Å². The minimum atomic E-state index is -4.54. The van der Waals surface area contributed by atoms with E-state index in [1.807, 2.05) is 18.7 Å². The first-order chi connectivity index (χ1) is 15.3. The Bertz CT molecular complexity index is 1110. The number of ether oxygens (including phenoxy) is 2. The Hall–Kier alpha value is -2.66. The molecule has 3 aromatic heterocycles. The molecule has 8 nitrogen and oxygen atoms in total. The Morgan fingerprint density at radius 3 is 2.72 bits per heavy atom. The zero-order valence-corrected chi connectivity index (χ0v) is 18.3. The highest BCUT2D eigenvalue weighted by molar-refractivity contribution is 6.31. The molecule has 172 valence electrons. The molecule has 0 radical (unpaired) electrons. The van der Waals surface area contributed by atoms with E-state index >= 15 is 0 Å². The summed E-state index contributed by atoms with van der Waals surface area (Å²) in [6, 6.07) is 2.57. The number of hydrogen-bond donors (Lipinski definition) is 0. The van der Waals surface area contributed by atoms with Crippen molar-refractivity contribution in [2.45, 2.75) is 39.0 Å². The second-order valence-electron chi connectivity index (χ2n) is 7.27. The molecule has 0 amide bonds. The van der Waals surface area contributed by atoms with E-state index in [1.165, 1.54) is 16.7 Å². The lowest BCUT2D eigenvalue weighted by atomic mass is 10.0. The van der Waals surface area contributed by atoms with Gasteiger partial charge < -0.3 is 14.4 Å². The molecule has 4 heterocycles.